The van der Waals surface area contributed by atoms with Crippen molar-refractivity contribution in [3.8, 4) is 0 Å². The molecule has 0 bridgehead atoms. The van der Waals surface area contributed by atoms with Crippen LogP contribution in [-0.2, 0) is 33.9 Å². The summed E-state index contributed by atoms with van der Waals surface area (Å²) >= 11 is 0. The fraction of sp³-hybridized carbons (Fsp3) is 0.483. The van der Waals surface area contributed by atoms with Gasteiger partial charge in [0.25, 0.3) is 5.91 Å². The Morgan fingerprint density at radius 3 is 2.61 bits per heavy atom. The van der Waals surface area contributed by atoms with Gasteiger partial charge in [-0.25, -0.2) is 4.39 Å². The van der Waals surface area contributed by atoms with Crippen molar-refractivity contribution >= 4 is 23.4 Å². The van der Waals surface area contributed by atoms with E-state index in [1.54, 1.807) is 17.0 Å². The van der Waals surface area contributed by atoms with E-state index < -0.39 is 60.0 Å². The van der Waals surface area contributed by atoms with E-state index in [9.17, 15) is 14.4 Å². The summed E-state index contributed by atoms with van der Waals surface area (Å²) in [5.41, 5.74) is 0.188. The lowest BCUT2D eigenvalue weighted by atomic mass is 9.98. The number of halogens is 1. The predicted octanol–water partition coefficient (Wildman–Crippen LogP) is 3.59. The van der Waals surface area contributed by atoms with Crippen molar-refractivity contribution in [2.45, 2.75) is 77.3 Å². The Bertz CT molecular complexity index is 1530. The summed E-state index contributed by atoms with van der Waals surface area (Å²) < 4.78 is 71.5. The highest BCUT2D eigenvalue weighted by molar-refractivity contribution is 6.06. The summed E-state index contributed by atoms with van der Waals surface area (Å²) in [6.07, 6.45) is -6.06. The van der Waals surface area contributed by atoms with Crippen LogP contribution >= 0.6 is 0 Å². The van der Waals surface area contributed by atoms with Crippen molar-refractivity contribution in [1.82, 2.24) is 15.1 Å². The van der Waals surface area contributed by atoms with Crippen LogP contribution in [0.3, 0.4) is 0 Å². The van der Waals surface area contributed by atoms with Gasteiger partial charge in [0.05, 0.1) is 11.2 Å². The van der Waals surface area contributed by atoms with Gasteiger partial charge in [0.1, 0.15) is 11.9 Å². The van der Waals surface area contributed by atoms with Gasteiger partial charge >= 0.3 is 0 Å². The summed E-state index contributed by atoms with van der Waals surface area (Å²) in [6.45, 7) is 5.94. The van der Waals surface area contributed by atoms with E-state index in [-0.39, 0.29) is 29.8 Å². The third-order valence-corrected chi connectivity index (χ3v) is 6.62. The van der Waals surface area contributed by atoms with Crippen LogP contribution in [0.15, 0.2) is 36.4 Å². The van der Waals surface area contributed by atoms with Gasteiger partial charge in [-0.05, 0) is 57.8 Å². The van der Waals surface area contributed by atoms with Gasteiger partial charge < -0.3 is 15.0 Å². The number of nitrogens with one attached hydrogen (secondary N) is 2. The van der Waals surface area contributed by atoms with Crippen molar-refractivity contribution in [2.75, 3.05) is 18.4 Å². The first-order valence-corrected chi connectivity index (χ1v) is 12.4. The van der Waals surface area contributed by atoms with Crippen molar-refractivity contribution < 1.29 is 31.7 Å². The van der Waals surface area contributed by atoms with Crippen LogP contribution in [0, 0.1) is 5.82 Å². The first kappa shape index (κ1) is 19.7. The molecule has 38 heavy (non-hydrogen) atoms. The minimum Gasteiger partial charge on any atom is -0.381 e. The van der Waals surface area contributed by atoms with Crippen LogP contribution in [0.2, 0.25) is 0 Å². The molecule has 0 radical (unpaired) electrons. The van der Waals surface area contributed by atoms with E-state index in [0.29, 0.717) is 24.3 Å². The molecule has 1 atom stereocenters. The lowest BCUT2D eigenvalue weighted by Crippen LogP contribution is -2.56. The summed E-state index contributed by atoms with van der Waals surface area (Å²) in [5, 5.41) is 4.91. The van der Waals surface area contributed by atoms with Gasteiger partial charge in [0.2, 0.25) is 11.8 Å². The number of nitrogens with zero attached hydrogens (tertiary/aromatic N) is 2. The van der Waals surface area contributed by atoms with Gasteiger partial charge in [0.15, 0.2) is 0 Å². The molecule has 8 nitrogen and oxygen atoms in total. The highest BCUT2D eigenvalue weighted by atomic mass is 19.1. The van der Waals surface area contributed by atoms with Crippen LogP contribution in [0.4, 0.5) is 10.1 Å². The molecule has 3 aliphatic heterocycles. The molecular weight excluding hydrogens is 487 g/mol. The van der Waals surface area contributed by atoms with Crippen LogP contribution in [0.25, 0.3) is 0 Å². The number of morpholine rings is 1. The summed E-state index contributed by atoms with van der Waals surface area (Å²) in [4.78, 5) is 40.5. The zero-order valence-electron chi connectivity index (χ0n) is 27.8. The maximum atomic E-state index is 15.4. The van der Waals surface area contributed by atoms with E-state index in [2.05, 4.69) is 5.32 Å². The first-order valence-electron chi connectivity index (χ1n) is 15.4. The van der Waals surface area contributed by atoms with Crippen LogP contribution in [-0.4, -0.2) is 57.9 Å². The molecule has 1 unspecified atom stereocenters. The number of ether oxygens (including phenoxy) is 1. The summed E-state index contributed by atoms with van der Waals surface area (Å²) in [5.74, 6) is -3.86. The highest BCUT2D eigenvalue weighted by Crippen LogP contribution is 2.33. The molecule has 2 fully saturated rings. The molecule has 202 valence electrons. The normalized spacial score (nSPS) is 28.2. The van der Waals surface area contributed by atoms with Crippen LogP contribution in [0.1, 0.15) is 75.7 Å². The number of anilines is 1. The SMILES string of the molecule is [2H]C([2H])(c1ccc(CNc2cccc3c2CN(C2C(=O)NC(=O)C([2H])([2H])C2([2H])[2H])C3=O)c(F)c1)N1CC(C)(C)OC(C)(C)C1. The number of carbonyl (C=O) groups is 3. The lowest BCUT2D eigenvalue weighted by Gasteiger charge is -2.47. The van der Waals surface area contributed by atoms with Gasteiger partial charge in [-0.2, -0.15) is 0 Å². The molecule has 9 heteroatoms. The van der Waals surface area contributed by atoms with Gasteiger partial charge in [-0.3, -0.25) is 24.6 Å². The van der Waals surface area contributed by atoms with Gasteiger partial charge in [-0.15, -0.1) is 0 Å². The zero-order valence-corrected chi connectivity index (χ0v) is 21.8. The number of rotatable bonds is 6. The lowest BCUT2D eigenvalue weighted by molar-refractivity contribution is -0.182. The third kappa shape index (κ3) is 5.44. The molecule has 3 aliphatic rings. The number of hydrogen-bond donors (Lipinski definition) is 2. The minimum atomic E-state index is -3.06. The number of fused-ring (bicyclic) bond motifs is 1. The Morgan fingerprint density at radius 2 is 1.89 bits per heavy atom. The van der Waals surface area contributed by atoms with E-state index in [1.165, 1.54) is 24.3 Å². The Hall–Kier alpha value is -3.30. The fourth-order valence-electron chi connectivity index (χ4n) is 5.36. The van der Waals surface area contributed by atoms with E-state index in [4.69, 9.17) is 13.0 Å². The molecule has 5 rings (SSSR count). The second-order valence-electron chi connectivity index (χ2n) is 11.0. The molecule has 2 N–H and O–H groups in total. The largest absolute Gasteiger partial charge is 0.381 e. The molecule has 3 heterocycles. The number of hydrogen-bond acceptors (Lipinski definition) is 6. The standard InChI is InChI=1S/C29H35FN4O4/c1-28(2)16-33(17-29(3,4)38-28)14-18-8-9-19(22(30)12-18)13-31-23-7-5-6-20-21(23)15-34(27(20)37)24-10-11-25(35)32-26(24)36/h5-9,12,24,31H,10-11,13-17H2,1-4H3,(H,32,35,36)/i10D2,11D2,14D2. The average molecular weight is 529 g/mol. The predicted molar refractivity (Wildman–Crippen MR) is 141 cm³/mol. The number of amides is 3. The van der Waals surface area contributed by atoms with Crippen molar-refractivity contribution in [3.63, 3.8) is 0 Å². The first-order chi connectivity index (χ1) is 20.2. The average Bonchev–Trinajstić information content (AvgIpc) is 3.21. The molecule has 0 aromatic heterocycles. The molecule has 0 spiro atoms. The second kappa shape index (κ2) is 9.78. The highest BCUT2D eigenvalue weighted by Gasteiger charge is 2.40. The Labute approximate surface area is 230 Å². The van der Waals surface area contributed by atoms with Crippen LogP contribution in [0.5, 0.6) is 0 Å². The molecule has 3 amide bonds. The molecule has 0 aliphatic carbocycles. The zero-order chi connectivity index (χ0) is 32.6. The maximum absolute atomic E-state index is 15.4. The Kier molecular flexibility index (Phi) is 5.08. The summed E-state index contributed by atoms with van der Waals surface area (Å²) in [7, 11) is 0. The van der Waals surface area contributed by atoms with Gasteiger partial charge in [-0.1, -0.05) is 18.2 Å². The quantitative estimate of drug-likeness (QED) is 0.557. The smallest absolute Gasteiger partial charge is 0.255 e. The molecule has 0 saturated carbocycles. The topological polar surface area (TPSA) is 91.0 Å². The van der Waals surface area contributed by atoms with E-state index in [1.807, 2.05) is 33.0 Å². The maximum Gasteiger partial charge on any atom is 0.255 e. The van der Waals surface area contributed by atoms with Crippen molar-refractivity contribution in [3.05, 3.63) is 64.5 Å². The minimum absolute atomic E-state index is 0.0286. The monoisotopic (exact) mass is 528 g/mol. The van der Waals surface area contributed by atoms with E-state index >= 15 is 4.39 Å². The van der Waals surface area contributed by atoms with Crippen molar-refractivity contribution in [2.24, 2.45) is 0 Å². The van der Waals surface area contributed by atoms with Gasteiger partial charge in [0, 0.05) is 69.7 Å². The number of piperidine rings is 1. The van der Waals surface area contributed by atoms with Crippen molar-refractivity contribution in [1.29, 1.82) is 0 Å². The number of carbonyl (C=O) groups excluding carboxylic acids is 3. The Balaban J connectivity index is 1.34. The molecule has 2 aromatic rings. The Morgan fingerprint density at radius 1 is 1.16 bits per heavy atom. The summed E-state index contributed by atoms with van der Waals surface area (Å²) in [6, 6.07) is 7.01. The van der Waals surface area contributed by atoms with E-state index in [0.717, 1.165) is 4.90 Å². The third-order valence-electron chi connectivity index (χ3n) is 6.62. The molecule has 2 saturated heterocycles. The fourth-order valence-corrected chi connectivity index (χ4v) is 5.36. The molecular formula is C29H35FN4O4. The number of benzene rings is 2. The molecule has 2 aromatic carbocycles. The number of imide groups is 1. The second-order valence-corrected chi connectivity index (χ2v) is 11.0. The van der Waals surface area contributed by atoms with Crippen LogP contribution < -0.4 is 10.6 Å².